The SMILES string of the molecule is CC/C=C\C[C@@H](O)/C(=C/C=C(/N)CC)CN. The van der Waals surface area contributed by atoms with Crippen molar-refractivity contribution in [2.75, 3.05) is 6.54 Å². The molecule has 3 heteroatoms. The highest BCUT2D eigenvalue weighted by molar-refractivity contribution is 5.20. The van der Waals surface area contributed by atoms with Gasteiger partial charge in [0, 0.05) is 12.2 Å². The minimum Gasteiger partial charge on any atom is -0.402 e. The van der Waals surface area contributed by atoms with Gasteiger partial charge in [-0.1, -0.05) is 32.1 Å². The molecule has 0 aromatic heterocycles. The lowest BCUT2D eigenvalue weighted by atomic mass is 10.1. The Balaban J connectivity index is 4.41. The Bertz CT molecular complexity index is 267. The molecule has 0 rings (SSSR count). The minimum absolute atomic E-state index is 0.356. The van der Waals surface area contributed by atoms with Gasteiger partial charge in [-0.15, -0.1) is 0 Å². The van der Waals surface area contributed by atoms with Crippen LogP contribution < -0.4 is 11.5 Å². The fraction of sp³-hybridized carbons (Fsp3) is 0.538. The van der Waals surface area contributed by atoms with Crippen LogP contribution in [0.1, 0.15) is 33.1 Å². The fourth-order valence-electron chi connectivity index (χ4n) is 1.19. The van der Waals surface area contributed by atoms with Crippen molar-refractivity contribution >= 4 is 0 Å². The maximum absolute atomic E-state index is 9.85. The summed E-state index contributed by atoms with van der Waals surface area (Å²) >= 11 is 0. The van der Waals surface area contributed by atoms with E-state index in [-0.39, 0.29) is 0 Å². The van der Waals surface area contributed by atoms with Gasteiger partial charge in [-0.25, -0.2) is 0 Å². The molecule has 0 saturated carbocycles. The van der Waals surface area contributed by atoms with Gasteiger partial charge in [-0.05, 0) is 30.9 Å². The third-order valence-corrected chi connectivity index (χ3v) is 2.35. The quantitative estimate of drug-likeness (QED) is 0.456. The first kappa shape index (κ1) is 14.9. The lowest BCUT2D eigenvalue weighted by Crippen LogP contribution is -2.17. The van der Waals surface area contributed by atoms with Crippen LogP contribution in [0.2, 0.25) is 0 Å². The Kier molecular flexibility index (Phi) is 8.58. The molecular weight excluding hydrogens is 200 g/mol. The van der Waals surface area contributed by atoms with Gasteiger partial charge in [0.05, 0.1) is 6.10 Å². The average Bonchev–Trinajstić information content (AvgIpc) is 2.29. The maximum atomic E-state index is 9.85. The number of rotatable bonds is 7. The van der Waals surface area contributed by atoms with Gasteiger partial charge >= 0.3 is 0 Å². The molecule has 0 unspecified atom stereocenters. The van der Waals surface area contributed by atoms with E-state index in [1.54, 1.807) is 0 Å². The molecule has 0 heterocycles. The fourth-order valence-corrected chi connectivity index (χ4v) is 1.19. The van der Waals surface area contributed by atoms with Gasteiger partial charge in [0.2, 0.25) is 0 Å². The summed E-state index contributed by atoms with van der Waals surface area (Å²) < 4.78 is 0. The van der Waals surface area contributed by atoms with Crippen molar-refractivity contribution in [1.82, 2.24) is 0 Å². The third kappa shape index (κ3) is 6.43. The second kappa shape index (κ2) is 9.19. The number of hydrogen-bond acceptors (Lipinski definition) is 3. The van der Waals surface area contributed by atoms with E-state index in [2.05, 4.69) is 6.92 Å². The van der Waals surface area contributed by atoms with Crippen molar-refractivity contribution in [3.05, 3.63) is 35.6 Å². The molecule has 0 aromatic carbocycles. The summed E-state index contributed by atoms with van der Waals surface area (Å²) in [7, 11) is 0. The van der Waals surface area contributed by atoms with Gasteiger partial charge in [0.1, 0.15) is 0 Å². The summed E-state index contributed by atoms with van der Waals surface area (Å²) in [6, 6.07) is 0. The molecule has 0 saturated heterocycles. The first-order valence-corrected chi connectivity index (χ1v) is 5.83. The highest BCUT2D eigenvalue weighted by Crippen LogP contribution is 2.07. The first-order chi connectivity index (χ1) is 7.65. The van der Waals surface area contributed by atoms with Gasteiger partial charge in [-0.3, -0.25) is 0 Å². The van der Waals surface area contributed by atoms with E-state index in [9.17, 15) is 5.11 Å². The first-order valence-electron chi connectivity index (χ1n) is 5.83. The van der Waals surface area contributed by atoms with E-state index in [1.807, 2.05) is 31.2 Å². The second-order valence-corrected chi connectivity index (χ2v) is 3.67. The number of allylic oxidation sites excluding steroid dienone is 4. The third-order valence-electron chi connectivity index (χ3n) is 2.35. The standard InChI is InChI=1S/C13H24N2O/c1-3-5-6-7-13(16)11(10-14)8-9-12(15)4-2/h5-6,8-9,13,16H,3-4,7,10,14-15H2,1-2H3/b6-5-,11-8+,12-9+/t13-/m1/s1. The molecule has 0 bridgehead atoms. The molecule has 16 heavy (non-hydrogen) atoms. The average molecular weight is 224 g/mol. The summed E-state index contributed by atoms with van der Waals surface area (Å²) in [6.45, 7) is 4.41. The summed E-state index contributed by atoms with van der Waals surface area (Å²) in [5, 5.41) is 9.85. The molecule has 3 nitrogen and oxygen atoms in total. The zero-order valence-corrected chi connectivity index (χ0v) is 10.3. The molecule has 0 fully saturated rings. The predicted octanol–water partition coefficient (Wildman–Crippen LogP) is 1.84. The van der Waals surface area contributed by atoms with Crippen molar-refractivity contribution < 1.29 is 5.11 Å². The second-order valence-electron chi connectivity index (χ2n) is 3.67. The van der Waals surface area contributed by atoms with E-state index < -0.39 is 6.10 Å². The van der Waals surface area contributed by atoms with Crippen molar-refractivity contribution in [3.63, 3.8) is 0 Å². The number of aliphatic hydroxyl groups excluding tert-OH is 1. The van der Waals surface area contributed by atoms with Crippen LogP contribution in [0.15, 0.2) is 35.6 Å². The molecule has 0 amide bonds. The summed E-state index contributed by atoms with van der Waals surface area (Å²) in [6.07, 6.45) is 9.54. The van der Waals surface area contributed by atoms with Crippen LogP contribution in [-0.2, 0) is 0 Å². The maximum Gasteiger partial charge on any atom is 0.0799 e. The number of nitrogens with two attached hydrogens (primary N) is 2. The Labute approximate surface area is 98.5 Å². The van der Waals surface area contributed by atoms with Crippen LogP contribution in [0.3, 0.4) is 0 Å². The highest BCUT2D eigenvalue weighted by atomic mass is 16.3. The van der Waals surface area contributed by atoms with Crippen LogP contribution in [0.4, 0.5) is 0 Å². The van der Waals surface area contributed by atoms with Crippen molar-refractivity contribution in [2.24, 2.45) is 11.5 Å². The predicted molar refractivity (Wildman–Crippen MR) is 69.8 cm³/mol. The van der Waals surface area contributed by atoms with Gasteiger partial charge in [-0.2, -0.15) is 0 Å². The van der Waals surface area contributed by atoms with Gasteiger partial charge < -0.3 is 16.6 Å². The Morgan fingerprint density at radius 3 is 2.44 bits per heavy atom. The lowest BCUT2D eigenvalue weighted by Gasteiger charge is -2.10. The van der Waals surface area contributed by atoms with Gasteiger partial charge in [0.25, 0.3) is 0 Å². The van der Waals surface area contributed by atoms with Crippen LogP contribution in [0.25, 0.3) is 0 Å². The Morgan fingerprint density at radius 2 is 1.94 bits per heavy atom. The van der Waals surface area contributed by atoms with Crippen LogP contribution in [0, 0.1) is 0 Å². The Morgan fingerprint density at radius 1 is 1.25 bits per heavy atom. The van der Waals surface area contributed by atoms with E-state index >= 15 is 0 Å². The van der Waals surface area contributed by atoms with Crippen LogP contribution in [0.5, 0.6) is 0 Å². The van der Waals surface area contributed by atoms with E-state index in [4.69, 9.17) is 11.5 Å². The summed E-state index contributed by atoms with van der Waals surface area (Å²) in [5.74, 6) is 0. The molecule has 0 aliphatic carbocycles. The number of hydrogen-bond donors (Lipinski definition) is 3. The molecular formula is C13H24N2O. The zero-order valence-electron chi connectivity index (χ0n) is 10.3. The molecule has 5 N–H and O–H groups in total. The molecule has 0 aromatic rings. The molecule has 0 spiro atoms. The molecule has 0 aliphatic rings. The highest BCUT2D eigenvalue weighted by Gasteiger charge is 2.06. The summed E-state index contributed by atoms with van der Waals surface area (Å²) in [4.78, 5) is 0. The van der Waals surface area contributed by atoms with Crippen molar-refractivity contribution in [2.45, 2.75) is 39.2 Å². The van der Waals surface area contributed by atoms with Crippen molar-refractivity contribution in [1.29, 1.82) is 0 Å². The molecule has 92 valence electrons. The number of aliphatic hydroxyl groups is 1. The van der Waals surface area contributed by atoms with Gasteiger partial charge in [0.15, 0.2) is 0 Å². The molecule has 0 aliphatic heterocycles. The van der Waals surface area contributed by atoms with Crippen LogP contribution in [-0.4, -0.2) is 17.8 Å². The van der Waals surface area contributed by atoms with E-state index in [1.165, 1.54) is 0 Å². The zero-order chi connectivity index (χ0) is 12.4. The lowest BCUT2D eigenvalue weighted by molar-refractivity contribution is 0.212. The topological polar surface area (TPSA) is 72.3 Å². The van der Waals surface area contributed by atoms with E-state index in [0.717, 1.165) is 24.1 Å². The van der Waals surface area contributed by atoms with Crippen LogP contribution >= 0.6 is 0 Å². The largest absolute Gasteiger partial charge is 0.402 e. The molecule has 1 atom stereocenters. The smallest absolute Gasteiger partial charge is 0.0799 e. The van der Waals surface area contributed by atoms with E-state index in [0.29, 0.717) is 13.0 Å². The normalized spacial score (nSPS) is 15.8. The molecule has 0 radical (unpaired) electrons. The van der Waals surface area contributed by atoms with Crippen molar-refractivity contribution in [3.8, 4) is 0 Å². The minimum atomic E-state index is -0.506. The monoisotopic (exact) mass is 224 g/mol. The Hall–Kier alpha value is -1.06. The summed E-state index contributed by atoms with van der Waals surface area (Å²) in [5.41, 5.74) is 12.9.